The van der Waals surface area contributed by atoms with Crippen molar-refractivity contribution in [2.75, 3.05) is 51.9 Å². The molecule has 0 saturated carbocycles. The zero-order valence-electron chi connectivity index (χ0n) is 17.7. The van der Waals surface area contributed by atoms with Crippen LogP contribution in [-0.2, 0) is 14.3 Å². The zero-order chi connectivity index (χ0) is 22.8. The lowest BCUT2D eigenvalue weighted by Gasteiger charge is -2.38. The summed E-state index contributed by atoms with van der Waals surface area (Å²) in [6.45, 7) is 3.25. The third kappa shape index (κ3) is 4.55. The molecule has 2 N–H and O–H groups in total. The van der Waals surface area contributed by atoms with Crippen LogP contribution in [-0.4, -0.2) is 75.3 Å². The third-order valence-electron chi connectivity index (χ3n) is 5.64. The summed E-state index contributed by atoms with van der Waals surface area (Å²) in [5.41, 5.74) is -0.814. The quantitative estimate of drug-likeness (QED) is 0.611. The van der Waals surface area contributed by atoms with Gasteiger partial charge < -0.3 is 24.6 Å². The molecule has 0 radical (unpaired) electrons. The van der Waals surface area contributed by atoms with Crippen molar-refractivity contribution in [2.45, 2.75) is 18.9 Å². The van der Waals surface area contributed by atoms with E-state index in [1.807, 2.05) is 4.90 Å². The SMILES string of the molecule is COC[C@]1(CC(C)C(=O)N2CCN(c3cc(F)c(F)c(OC)c3)CC2)NC(=O)NC1=O. The normalized spacial score (nSPS) is 22.2. The van der Waals surface area contributed by atoms with Gasteiger partial charge in [0, 0.05) is 57.0 Å². The Balaban J connectivity index is 1.63. The number of carbonyl (C=O) groups excluding carboxylic acids is 3. The molecule has 2 fully saturated rings. The molecule has 4 amide bonds. The number of piperazine rings is 1. The van der Waals surface area contributed by atoms with Gasteiger partial charge in [0.15, 0.2) is 11.6 Å². The first kappa shape index (κ1) is 22.7. The van der Waals surface area contributed by atoms with Crippen molar-refractivity contribution in [3.63, 3.8) is 0 Å². The predicted molar refractivity (Wildman–Crippen MR) is 107 cm³/mol. The molecule has 2 saturated heterocycles. The maximum absolute atomic E-state index is 13.8. The van der Waals surface area contributed by atoms with Gasteiger partial charge in [0.05, 0.1) is 13.7 Å². The minimum absolute atomic E-state index is 0.0477. The van der Waals surface area contributed by atoms with Crippen LogP contribution in [0.4, 0.5) is 19.3 Å². The first-order chi connectivity index (χ1) is 14.7. The van der Waals surface area contributed by atoms with Crippen molar-refractivity contribution in [1.82, 2.24) is 15.5 Å². The molecule has 2 heterocycles. The highest BCUT2D eigenvalue weighted by Gasteiger charge is 2.48. The van der Waals surface area contributed by atoms with Crippen LogP contribution in [0.15, 0.2) is 12.1 Å². The molecule has 0 aromatic heterocycles. The number of methoxy groups -OCH3 is 2. The van der Waals surface area contributed by atoms with E-state index in [0.717, 1.165) is 6.07 Å². The Morgan fingerprint density at radius 2 is 1.87 bits per heavy atom. The lowest BCUT2D eigenvalue weighted by atomic mass is 9.88. The van der Waals surface area contributed by atoms with E-state index in [2.05, 4.69) is 10.6 Å². The Hall–Kier alpha value is -2.95. The van der Waals surface area contributed by atoms with Crippen LogP contribution in [0.3, 0.4) is 0 Å². The monoisotopic (exact) mass is 440 g/mol. The lowest BCUT2D eigenvalue weighted by Crippen LogP contribution is -2.55. The minimum atomic E-state index is -1.29. The Bertz CT molecular complexity index is 875. The molecular weight excluding hydrogens is 414 g/mol. The summed E-state index contributed by atoms with van der Waals surface area (Å²) in [5, 5.41) is 4.76. The summed E-state index contributed by atoms with van der Waals surface area (Å²) in [5.74, 6) is -3.44. The molecular formula is C20H26F2N4O5. The number of carbonyl (C=O) groups is 3. The number of nitrogens with one attached hydrogen (secondary N) is 2. The van der Waals surface area contributed by atoms with Gasteiger partial charge >= 0.3 is 6.03 Å². The number of benzene rings is 1. The molecule has 2 aliphatic heterocycles. The van der Waals surface area contributed by atoms with E-state index in [0.29, 0.717) is 31.9 Å². The molecule has 1 unspecified atom stereocenters. The largest absolute Gasteiger partial charge is 0.493 e. The summed E-state index contributed by atoms with van der Waals surface area (Å²) in [4.78, 5) is 40.3. The van der Waals surface area contributed by atoms with E-state index in [4.69, 9.17) is 9.47 Å². The Morgan fingerprint density at radius 3 is 2.42 bits per heavy atom. The van der Waals surface area contributed by atoms with E-state index in [-0.39, 0.29) is 24.7 Å². The van der Waals surface area contributed by atoms with Gasteiger partial charge in [-0.3, -0.25) is 14.9 Å². The van der Waals surface area contributed by atoms with E-state index >= 15 is 0 Å². The van der Waals surface area contributed by atoms with Gasteiger partial charge in [0.1, 0.15) is 5.54 Å². The summed E-state index contributed by atoms with van der Waals surface area (Å²) in [7, 11) is 2.68. The number of amides is 4. The van der Waals surface area contributed by atoms with Gasteiger partial charge in [-0.25, -0.2) is 9.18 Å². The van der Waals surface area contributed by atoms with Gasteiger partial charge in [0.25, 0.3) is 5.91 Å². The van der Waals surface area contributed by atoms with Crippen LogP contribution in [0, 0.1) is 17.6 Å². The molecule has 0 spiro atoms. The fourth-order valence-electron chi connectivity index (χ4n) is 4.07. The highest BCUT2D eigenvalue weighted by molar-refractivity contribution is 6.07. The summed E-state index contributed by atoms with van der Waals surface area (Å²) < 4.78 is 37.5. The molecule has 2 aliphatic rings. The minimum Gasteiger partial charge on any atom is -0.493 e. The van der Waals surface area contributed by atoms with E-state index in [9.17, 15) is 23.2 Å². The second kappa shape index (κ2) is 9.04. The van der Waals surface area contributed by atoms with Crippen molar-refractivity contribution in [1.29, 1.82) is 0 Å². The molecule has 0 bridgehead atoms. The molecule has 1 aromatic rings. The number of rotatable bonds is 7. The maximum Gasteiger partial charge on any atom is 0.322 e. The van der Waals surface area contributed by atoms with Crippen LogP contribution in [0.5, 0.6) is 5.75 Å². The van der Waals surface area contributed by atoms with Gasteiger partial charge in [0.2, 0.25) is 11.7 Å². The number of anilines is 1. The van der Waals surface area contributed by atoms with Crippen molar-refractivity contribution in [3.8, 4) is 5.75 Å². The number of halogens is 2. The topological polar surface area (TPSA) is 100 Å². The lowest BCUT2D eigenvalue weighted by molar-refractivity contribution is -0.137. The van der Waals surface area contributed by atoms with Crippen LogP contribution < -0.4 is 20.3 Å². The van der Waals surface area contributed by atoms with Crippen molar-refractivity contribution < 1.29 is 32.6 Å². The predicted octanol–water partition coefficient (Wildman–Crippen LogP) is 0.873. The van der Waals surface area contributed by atoms with Crippen molar-refractivity contribution in [3.05, 3.63) is 23.8 Å². The highest BCUT2D eigenvalue weighted by Crippen LogP contribution is 2.29. The molecule has 1 aromatic carbocycles. The summed E-state index contributed by atoms with van der Waals surface area (Å²) in [6.07, 6.45) is 0.0951. The Labute approximate surface area is 178 Å². The molecule has 3 rings (SSSR count). The molecule has 2 atom stereocenters. The molecule has 0 aliphatic carbocycles. The number of urea groups is 1. The first-order valence-corrected chi connectivity index (χ1v) is 9.90. The van der Waals surface area contributed by atoms with Gasteiger partial charge in [-0.15, -0.1) is 0 Å². The standard InChI is InChI=1S/C20H26F2N4O5/c1-12(10-20(11-30-2)18(28)23-19(29)24-20)17(27)26-6-4-25(5-7-26)13-8-14(21)16(22)15(9-13)31-3/h8-9,12H,4-7,10-11H2,1-3H3,(H2,23,24,28,29)/t12?,20-/m0/s1. The maximum atomic E-state index is 13.8. The van der Waals surface area contributed by atoms with Gasteiger partial charge in [-0.05, 0) is 6.42 Å². The van der Waals surface area contributed by atoms with Gasteiger partial charge in [-0.2, -0.15) is 4.39 Å². The number of ether oxygens (including phenoxy) is 2. The fraction of sp³-hybridized carbons (Fsp3) is 0.550. The summed E-state index contributed by atoms with van der Waals surface area (Å²) in [6, 6.07) is 1.92. The van der Waals surface area contributed by atoms with Crippen LogP contribution in [0.2, 0.25) is 0 Å². The summed E-state index contributed by atoms with van der Waals surface area (Å²) >= 11 is 0. The van der Waals surface area contributed by atoms with E-state index in [1.54, 1.807) is 11.8 Å². The Kier molecular flexibility index (Phi) is 6.63. The average Bonchev–Trinajstić information content (AvgIpc) is 3.02. The first-order valence-electron chi connectivity index (χ1n) is 9.90. The fourth-order valence-corrected chi connectivity index (χ4v) is 4.07. The number of nitrogens with zero attached hydrogens (tertiary/aromatic N) is 2. The van der Waals surface area contributed by atoms with Crippen molar-refractivity contribution >= 4 is 23.5 Å². The van der Waals surface area contributed by atoms with Crippen LogP contribution in [0.25, 0.3) is 0 Å². The number of hydrogen-bond donors (Lipinski definition) is 2. The third-order valence-corrected chi connectivity index (χ3v) is 5.64. The number of imide groups is 1. The smallest absolute Gasteiger partial charge is 0.322 e. The number of hydrogen-bond acceptors (Lipinski definition) is 6. The molecule has 170 valence electrons. The Morgan fingerprint density at radius 1 is 1.19 bits per heavy atom. The van der Waals surface area contributed by atoms with Crippen LogP contribution in [0.1, 0.15) is 13.3 Å². The molecule has 11 heteroatoms. The second-order valence-electron chi connectivity index (χ2n) is 7.78. The van der Waals surface area contributed by atoms with Crippen LogP contribution >= 0.6 is 0 Å². The van der Waals surface area contributed by atoms with E-state index in [1.165, 1.54) is 20.3 Å². The average molecular weight is 440 g/mol. The molecule has 9 nitrogen and oxygen atoms in total. The second-order valence-corrected chi connectivity index (χ2v) is 7.78. The zero-order valence-corrected chi connectivity index (χ0v) is 17.7. The van der Waals surface area contributed by atoms with Gasteiger partial charge in [-0.1, -0.05) is 6.92 Å². The highest BCUT2D eigenvalue weighted by atomic mass is 19.2. The van der Waals surface area contributed by atoms with Crippen molar-refractivity contribution in [2.24, 2.45) is 5.92 Å². The van der Waals surface area contributed by atoms with E-state index < -0.39 is 35.0 Å². The molecule has 31 heavy (non-hydrogen) atoms.